The van der Waals surface area contributed by atoms with E-state index in [2.05, 4.69) is 9.72 Å². The Bertz CT molecular complexity index is 310. The molecule has 0 aliphatic carbocycles. The number of methoxy groups -OCH3 is 1. The SMILES string of the molecule is COC(=O)c1ccnc([C@@H](C)N)c1. The Kier molecular flexibility index (Phi) is 2.97. The molecule has 0 spiro atoms. The summed E-state index contributed by atoms with van der Waals surface area (Å²) in [4.78, 5) is 15.1. The Morgan fingerprint density at radius 1 is 1.69 bits per heavy atom. The van der Waals surface area contributed by atoms with Crippen LogP contribution in [0.3, 0.4) is 0 Å². The summed E-state index contributed by atoms with van der Waals surface area (Å²) in [5.74, 6) is -0.371. The Morgan fingerprint density at radius 3 is 2.92 bits per heavy atom. The quantitative estimate of drug-likeness (QED) is 0.686. The first-order valence-corrected chi connectivity index (χ1v) is 3.95. The first-order chi connectivity index (χ1) is 6.15. The van der Waals surface area contributed by atoms with Crippen LogP contribution in [0.5, 0.6) is 0 Å². The van der Waals surface area contributed by atoms with Crippen LogP contribution >= 0.6 is 0 Å². The van der Waals surface area contributed by atoms with E-state index in [1.807, 2.05) is 6.92 Å². The largest absolute Gasteiger partial charge is 0.465 e. The van der Waals surface area contributed by atoms with Crippen molar-refractivity contribution in [1.82, 2.24) is 4.98 Å². The number of nitrogens with zero attached hydrogens (tertiary/aromatic N) is 1. The number of hydrogen-bond acceptors (Lipinski definition) is 4. The summed E-state index contributed by atoms with van der Waals surface area (Å²) in [5, 5.41) is 0. The van der Waals surface area contributed by atoms with Crippen molar-refractivity contribution in [3.63, 3.8) is 0 Å². The van der Waals surface area contributed by atoms with Crippen molar-refractivity contribution in [2.45, 2.75) is 13.0 Å². The molecule has 0 saturated heterocycles. The molecule has 1 aromatic rings. The highest BCUT2D eigenvalue weighted by atomic mass is 16.5. The number of ether oxygens (including phenoxy) is 1. The minimum absolute atomic E-state index is 0.176. The predicted octanol–water partition coefficient (Wildman–Crippen LogP) is 0.888. The Balaban J connectivity index is 2.98. The van der Waals surface area contributed by atoms with Gasteiger partial charge in [-0.25, -0.2) is 4.79 Å². The van der Waals surface area contributed by atoms with Gasteiger partial charge in [-0.3, -0.25) is 4.98 Å². The second-order valence-corrected chi connectivity index (χ2v) is 2.75. The second kappa shape index (κ2) is 4.00. The topological polar surface area (TPSA) is 65.2 Å². The maximum Gasteiger partial charge on any atom is 0.337 e. The van der Waals surface area contributed by atoms with Gasteiger partial charge in [0.15, 0.2) is 0 Å². The van der Waals surface area contributed by atoms with Gasteiger partial charge in [-0.05, 0) is 19.1 Å². The normalized spacial score (nSPS) is 12.2. The van der Waals surface area contributed by atoms with E-state index in [9.17, 15) is 4.79 Å². The lowest BCUT2D eigenvalue weighted by Gasteiger charge is -2.05. The van der Waals surface area contributed by atoms with Gasteiger partial charge in [0, 0.05) is 12.2 Å². The van der Waals surface area contributed by atoms with E-state index < -0.39 is 0 Å². The summed E-state index contributed by atoms with van der Waals surface area (Å²) in [6.07, 6.45) is 1.55. The third-order valence-corrected chi connectivity index (χ3v) is 1.67. The van der Waals surface area contributed by atoms with Crippen LogP contribution in [-0.2, 0) is 4.74 Å². The first-order valence-electron chi connectivity index (χ1n) is 3.95. The molecule has 13 heavy (non-hydrogen) atoms. The summed E-state index contributed by atoms with van der Waals surface area (Å²) in [6.45, 7) is 1.81. The molecule has 0 fully saturated rings. The van der Waals surface area contributed by atoms with E-state index in [1.165, 1.54) is 7.11 Å². The summed E-state index contributed by atoms with van der Waals surface area (Å²) in [7, 11) is 1.34. The molecular formula is C9H12N2O2. The van der Waals surface area contributed by atoms with Gasteiger partial charge in [-0.1, -0.05) is 0 Å². The number of aromatic nitrogens is 1. The molecule has 0 saturated carbocycles. The van der Waals surface area contributed by atoms with Gasteiger partial charge in [0.2, 0.25) is 0 Å². The summed E-state index contributed by atoms with van der Waals surface area (Å²) in [5.41, 5.74) is 6.77. The van der Waals surface area contributed by atoms with E-state index in [-0.39, 0.29) is 12.0 Å². The van der Waals surface area contributed by atoms with Crippen molar-refractivity contribution in [2.24, 2.45) is 5.73 Å². The highest BCUT2D eigenvalue weighted by Gasteiger charge is 2.07. The van der Waals surface area contributed by atoms with Gasteiger partial charge in [-0.2, -0.15) is 0 Å². The van der Waals surface area contributed by atoms with Crippen LogP contribution in [0, 0.1) is 0 Å². The van der Waals surface area contributed by atoms with E-state index in [4.69, 9.17) is 5.73 Å². The van der Waals surface area contributed by atoms with E-state index in [1.54, 1.807) is 18.3 Å². The van der Waals surface area contributed by atoms with E-state index >= 15 is 0 Å². The second-order valence-electron chi connectivity index (χ2n) is 2.75. The third-order valence-electron chi connectivity index (χ3n) is 1.67. The van der Waals surface area contributed by atoms with Crippen molar-refractivity contribution in [3.05, 3.63) is 29.6 Å². The molecule has 1 heterocycles. The Labute approximate surface area is 76.7 Å². The molecule has 0 amide bonds. The lowest BCUT2D eigenvalue weighted by atomic mass is 10.1. The average Bonchev–Trinajstić information content (AvgIpc) is 2.17. The summed E-state index contributed by atoms with van der Waals surface area (Å²) < 4.78 is 4.56. The van der Waals surface area contributed by atoms with Crippen molar-refractivity contribution in [3.8, 4) is 0 Å². The molecule has 0 aromatic carbocycles. The van der Waals surface area contributed by atoms with Crippen LogP contribution in [0.2, 0.25) is 0 Å². The van der Waals surface area contributed by atoms with Gasteiger partial charge in [0.1, 0.15) is 0 Å². The highest BCUT2D eigenvalue weighted by molar-refractivity contribution is 5.89. The van der Waals surface area contributed by atoms with Crippen LogP contribution < -0.4 is 5.73 Å². The molecule has 70 valence electrons. The minimum Gasteiger partial charge on any atom is -0.465 e. The summed E-state index contributed by atoms with van der Waals surface area (Å²) >= 11 is 0. The zero-order valence-corrected chi connectivity index (χ0v) is 7.65. The van der Waals surface area contributed by atoms with Crippen LogP contribution in [0.15, 0.2) is 18.3 Å². The smallest absolute Gasteiger partial charge is 0.337 e. The van der Waals surface area contributed by atoms with Crippen LogP contribution in [0.1, 0.15) is 29.0 Å². The number of hydrogen-bond donors (Lipinski definition) is 1. The van der Waals surface area contributed by atoms with Crippen LogP contribution in [-0.4, -0.2) is 18.1 Å². The molecule has 4 heteroatoms. The third kappa shape index (κ3) is 2.26. The van der Waals surface area contributed by atoms with Gasteiger partial charge in [0.05, 0.1) is 18.4 Å². The van der Waals surface area contributed by atoms with Crippen LogP contribution in [0.4, 0.5) is 0 Å². The van der Waals surface area contributed by atoms with Crippen LogP contribution in [0.25, 0.3) is 0 Å². The molecule has 0 aliphatic heterocycles. The Morgan fingerprint density at radius 2 is 2.38 bits per heavy atom. The molecule has 0 unspecified atom stereocenters. The van der Waals surface area contributed by atoms with Gasteiger partial charge < -0.3 is 10.5 Å². The number of rotatable bonds is 2. The lowest BCUT2D eigenvalue weighted by molar-refractivity contribution is 0.0600. The summed E-state index contributed by atoms with van der Waals surface area (Å²) in [6, 6.07) is 3.05. The van der Waals surface area contributed by atoms with Gasteiger partial charge in [0.25, 0.3) is 0 Å². The highest BCUT2D eigenvalue weighted by Crippen LogP contribution is 2.08. The zero-order valence-electron chi connectivity index (χ0n) is 7.65. The predicted molar refractivity (Wildman–Crippen MR) is 48.2 cm³/mol. The molecule has 1 atom stereocenters. The fraction of sp³-hybridized carbons (Fsp3) is 0.333. The minimum atomic E-state index is -0.371. The van der Waals surface area contributed by atoms with Crippen molar-refractivity contribution < 1.29 is 9.53 Å². The molecule has 0 aliphatic rings. The van der Waals surface area contributed by atoms with E-state index in [0.29, 0.717) is 11.3 Å². The average molecular weight is 180 g/mol. The maximum absolute atomic E-state index is 11.1. The van der Waals surface area contributed by atoms with Crippen molar-refractivity contribution >= 4 is 5.97 Å². The van der Waals surface area contributed by atoms with E-state index in [0.717, 1.165) is 0 Å². The van der Waals surface area contributed by atoms with Gasteiger partial charge in [-0.15, -0.1) is 0 Å². The molecule has 4 nitrogen and oxygen atoms in total. The molecule has 1 aromatic heterocycles. The standard InChI is InChI=1S/C9H12N2O2/c1-6(10)8-5-7(3-4-11-8)9(12)13-2/h3-6H,10H2,1-2H3/t6-/m1/s1. The number of carbonyl (C=O) groups is 1. The van der Waals surface area contributed by atoms with Crippen molar-refractivity contribution in [1.29, 1.82) is 0 Å². The number of carbonyl (C=O) groups excluding carboxylic acids is 1. The fourth-order valence-electron chi connectivity index (χ4n) is 0.942. The number of nitrogens with two attached hydrogens (primary N) is 1. The Hall–Kier alpha value is -1.42. The fourth-order valence-corrected chi connectivity index (χ4v) is 0.942. The lowest BCUT2D eigenvalue weighted by Crippen LogP contribution is -2.09. The molecule has 0 radical (unpaired) electrons. The number of esters is 1. The zero-order chi connectivity index (χ0) is 9.84. The molecular weight excluding hydrogens is 168 g/mol. The van der Waals surface area contributed by atoms with Gasteiger partial charge >= 0.3 is 5.97 Å². The maximum atomic E-state index is 11.1. The molecule has 1 rings (SSSR count). The number of pyridine rings is 1. The monoisotopic (exact) mass is 180 g/mol. The molecule has 0 bridgehead atoms. The molecule has 2 N–H and O–H groups in total. The first kappa shape index (κ1) is 9.67. The van der Waals surface area contributed by atoms with Crippen molar-refractivity contribution in [2.75, 3.05) is 7.11 Å².